The second kappa shape index (κ2) is 18.5. The van der Waals surface area contributed by atoms with Crippen LogP contribution in [0.1, 0.15) is 30.9 Å². The molecule has 16 heteroatoms. The lowest BCUT2D eigenvalue weighted by atomic mass is 9.90. The van der Waals surface area contributed by atoms with Crippen molar-refractivity contribution in [1.82, 2.24) is 34.3 Å². The molecule has 7 rings (SSSR count). The number of aliphatic hydroxyl groups is 1. The van der Waals surface area contributed by atoms with Crippen LogP contribution in [0.5, 0.6) is 0 Å². The lowest BCUT2D eigenvalue weighted by molar-refractivity contribution is -0.139. The van der Waals surface area contributed by atoms with Crippen molar-refractivity contribution in [1.29, 1.82) is 0 Å². The van der Waals surface area contributed by atoms with Crippen molar-refractivity contribution in [2.24, 2.45) is 0 Å². The SMILES string of the molecule is C=CC(=O)Nc1cccc(-c2cn([C@@H](Cc3ccccc3)C(=O)N3CCC(O)(Cn4cnc5cc(NC(=O)CCN6CCOCC6)ccc5c4=O)CC3)nn2)c1.S. The van der Waals surface area contributed by atoms with Crippen LogP contribution in [0.15, 0.2) is 103 Å². The third-order valence-corrected chi connectivity index (χ3v) is 10.3. The van der Waals surface area contributed by atoms with E-state index in [0.29, 0.717) is 66.1 Å². The predicted molar refractivity (Wildman–Crippen MR) is 221 cm³/mol. The van der Waals surface area contributed by atoms with E-state index in [2.05, 4.69) is 37.4 Å². The summed E-state index contributed by atoms with van der Waals surface area (Å²) < 4.78 is 8.35. The van der Waals surface area contributed by atoms with Gasteiger partial charge in [-0.2, -0.15) is 13.5 Å². The van der Waals surface area contributed by atoms with Crippen LogP contribution in [0.25, 0.3) is 22.2 Å². The minimum absolute atomic E-state index is 0. The Bertz CT molecular complexity index is 2270. The Morgan fingerprint density at radius 3 is 2.46 bits per heavy atom. The van der Waals surface area contributed by atoms with Crippen molar-refractivity contribution < 1.29 is 24.2 Å². The molecule has 3 amide bonds. The molecule has 0 aliphatic carbocycles. The van der Waals surface area contributed by atoms with Gasteiger partial charge in [0.15, 0.2) is 0 Å². The Labute approximate surface area is 336 Å². The fourth-order valence-electron chi connectivity index (χ4n) is 7.13. The first-order valence-corrected chi connectivity index (χ1v) is 18.8. The van der Waals surface area contributed by atoms with Gasteiger partial charge < -0.3 is 25.4 Å². The average molecular weight is 794 g/mol. The van der Waals surface area contributed by atoms with Crippen molar-refractivity contribution in [3.63, 3.8) is 0 Å². The molecule has 0 spiro atoms. The topological polar surface area (TPSA) is 177 Å². The number of ether oxygens (including phenoxy) is 1. The Morgan fingerprint density at radius 1 is 0.947 bits per heavy atom. The number of hydrogen-bond donors (Lipinski definition) is 3. The molecule has 3 N–H and O–H groups in total. The average Bonchev–Trinajstić information content (AvgIpc) is 3.71. The standard InChI is InChI=1S/C41H45N9O6.H2S/c1-2-37(51)43-31-10-6-9-30(24-31)35-26-50(46-45-35)36(23-29-7-4-3-5-8-29)40(54)48-17-14-41(55,15-18-48)27-49-28-42-34-25-32(11-12-33(34)39(49)53)44-38(52)13-16-47-19-21-56-22-20-47;/h2-12,24-26,28,36,55H,1,13-23,27H2,(H,43,51)(H,44,52);1H2/t36-;/m0./s1. The molecule has 2 aliphatic heterocycles. The van der Waals surface area contributed by atoms with Crippen LogP contribution < -0.4 is 16.2 Å². The van der Waals surface area contributed by atoms with Crippen molar-refractivity contribution in [2.75, 3.05) is 56.6 Å². The molecule has 2 aromatic heterocycles. The fraction of sp³-hybridized carbons (Fsp3) is 0.341. The van der Waals surface area contributed by atoms with E-state index in [0.717, 1.165) is 18.7 Å². The second-order valence-electron chi connectivity index (χ2n) is 14.3. The number of likely N-dealkylation sites (tertiary alicyclic amines) is 1. The molecular weight excluding hydrogens is 747 g/mol. The van der Waals surface area contributed by atoms with Crippen LogP contribution in [-0.4, -0.2) is 109 Å². The molecule has 57 heavy (non-hydrogen) atoms. The molecule has 2 fully saturated rings. The first-order valence-electron chi connectivity index (χ1n) is 18.8. The number of hydrogen-bond acceptors (Lipinski definition) is 10. The highest BCUT2D eigenvalue weighted by molar-refractivity contribution is 7.59. The number of nitrogens with zero attached hydrogens (tertiary/aromatic N) is 7. The number of benzene rings is 3. The number of nitrogens with one attached hydrogen (secondary N) is 2. The van der Waals surface area contributed by atoms with E-state index in [-0.39, 0.29) is 69.3 Å². The summed E-state index contributed by atoms with van der Waals surface area (Å²) in [5, 5.41) is 26.4. The summed E-state index contributed by atoms with van der Waals surface area (Å²) in [7, 11) is 0. The number of fused-ring (bicyclic) bond motifs is 1. The number of morpholine rings is 1. The lowest BCUT2D eigenvalue weighted by Crippen LogP contribution is -2.51. The van der Waals surface area contributed by atoms with E-state index in [1.54, 1.807) is 52.2 Å². The summed E-state index contributed by atoms with van der Waals surface area (Å²) in [5.74, 6) is -0.610. The Morgan fingerprint density at radius 2 is 1.70 bits per heavy atom. The summed E-state index contributed by atoms with van der Waals surface area (Å²) in [5.41, 5.74) is 2.23. The van der Waals surface area contributed by atoms with E-state index in [4.69, 9.17) is 4.74 Å². The molecular formula is C41H47N9O6S. The van der Waals surface area contributed by atoms with Gasteiger partial charge in [-0.1, -0.05) is 54.3 Å². The minimum atomic E-state index is -1.24. The number of aromatic nitrogens is 5. The zero-order valence-corrected chi connectivity index (χ0v) is 32.5. The van der Waals surface area contributed by atoms with Crippen molar-refractivity contribution >= 4 is 53.5 Å². The van der Waals surface area contributed by atoms with E-state index >= 15 is 0 Å². The molecule has 298 valence electrons. The van der Waals surface area contributed by atoms with E-state index < -0.39 is 11.6 Å². The molecule has 0 unspecified atom stereocenters. The quantitative estimate of drug-likeness (QED) is 0.150. The summed E-state index contributed by atoms with van der Waals surface area (Å²) in [6, 6.07) is 21.1. The first kappa shape index (κ1) is 41.0. The molecule has 0 radical (unpaired) electrons. The highest BCUT2D eigenvalue weighted by atomic mass is 32.1. The maximum absolute atomic E-state index is 14.2. The van der Waals surface area contributed by atoms with Crippen LogP contribution in [0.4, 0.5) is 11.4 Å². The molecule has 3 aromatic carbocycles. The number of piperidine rings is 1. The first-order chi connectivity index (χ1) is 27.2. The van der Waals surface area contributed by atoms with Crippen LogP contribution in [0, 0.1) is 0 Å². The molecule has 1 atom stereocenters. The molecule has 0 bridgehead atoms. The zero-order valence-electron chi connectivity index (χ0n) is 31.5. The van der Waals surface area contributed by atoms with Crippen LogP contribution in [-0.2, 0) is 32.1 Å². The van der Waals surface area contributed by atoms with Gasteiger partial charge in [0.05, 0.1) is 48.8 Å². The van der Waals surface area contributed by atoms with Gasteiger partial charge in [0.2, 0.25) is 17.7 Å². The van der Waals surface area contributed by atoms with E-state index in [1.807, 2.05) is 36.4 Å². The second-order valence-corrected chi connectivity index (χ2v) is 14.3. The van der Waals surface area contributed by atoms with Gasteiger partial charge >= 0.3 is 0 Å². The normalized spacial score (nSPS) is 16.0. The van der Waals surface area contributed by atoms with Gasteiger partial charge in [-0.15, -0.1) is 5.10 Å². The summed E-state index contributed by atoms with van der Waals surface area (Å²) in [6.07, 6.45) is 5.56. The molecule has 15 nitrogen and oxygen atoms in total. The van der Waals surface area contributed by atoms with Crippen LogP contribution in [0.3, 0.4) is 0 Å². The van der Waals surface area contributed by atoms with Crippen LogP contribution >= 0.6 is 13.5 Å². The molecule has 4 heterocycles. The number of carbonyl (C=O) groups excluding carboxylic acids is 3. The van der Waals surface area contributed by atoms with Gasteiger partial charge in [-0.3, -0.25) is 28.6 Å². The van der Waals surface area contributed by atoms with Gasteiger partial charge in [0.25, 0.3) is 5.56 Å². The number of anilines is 2. The zero-order chi connectivity index (χ0) is 39.1. The molecule has 5 aromatic rings. The van der Waals surface area contributed by atoms with E-state index in [9.17, 15) is 24.3 Å². The van der Waals surface area contributed by atoms with Gasteiger partial charge in [0, 0.05) is 62.5 Å². The molecule has 0 saturated carbocycles. The van der Waals surface area contributed by atoms with Crippen molar-refractivity contribution in [3.8, 4) is 11.3 Å². The molecule has 2 aliphatic rings. The monoisotopic (exact) mass is 793 g/mol. The maximum Gasteiger partial charge on any atom is 0.261 e. The Balaban J connectivity index is 0.00000549. The highest BCUT2D eigenvalue weighted by Crippen LogP contribution is 2.28. The fourth-order valence-corrected chi connectivity index (χ4v) is 7.13. The largest absolute Gasteiger partial charge is 0.388 e. The third-order valence-electron chi connectivity index (χ3n) is 10.3. The van der Waals surface area contributed by atoms with Crippen molar-refractivity contribution in [2.45, 2.75) is 43.9 Å². The van der Waals surface area contributed by atoms with Gasteiger partial charge in [-0.25, -0.2) is 9.67 Å². The predicted octanol–water partition coefficient (Wildman–Crippen LogP) is 3.39. The number of amides is 3. The van der Waals surface area contributed by atoms with Crippen LogP contribution in [0.2, 0.25) is 0 Å². The smallest absolute Gasteiger partial charge is 0.261 e. The highest BCUT2D eigenvalue weighted by Gasteiger charge is 2.37. The lowest BCUT2D eigenvalue weighted by Gasteiger charge is -2.39. The Kier molecular flexibility index (Phi) is 13.3. The van der Waals surface area contributed by atoms with Gasteiger partial charge in [-0.05, 0) is 54.8 Å². The number of carbonyl (C=O) groups is 3. The summed E-state index contributed by atoms with van der Waals surface area (Å²) >= 11 is 0. The summed E-state index contributed by atoms with van der Waals surface area (Å²) in [4.78, 5) is 60.6. The minimum Gasteiger partial charge on any atom is -0.388 e. The summed E-state index contributed by atoms with van der Waals surface area (Å²) in [6.45, 7) is 7.67. The third kappa shape index (κ3) is 10.2. The Hall–Kier alpha value is -5.68. The number of rotatable bonds is 13. The molecule has 2 saturated heterocycles. The van der Waals surface area contributed by atoms with Crippen molar-refractivity contribution in [3.05, 3.63) is 114 Å². The maximum atomic E-state index is 14.2. The van der Waals surface area contributed by atoms with E-state index in [1.165, 1.54) is 17.0 Å². The van der Waals surface area contributed by atoms with Gasteiger partial charge in [0.1, 0.15) is 11.7 Å².